The van der Waals surface area contributed by atoms with Gasteiger partial charge in [0.2, 0.25) is 35.4 Å². The minimum atomic E-state index is -0.00722. The van der Waals surface area contributed by atoms with Crippen LogP contribution in [0.2, 0.25) is 0 Å². The van der Waals surface area contributed by atoms with Crippen LogP contribution in [0.3, 0.4) is 0 Å². The molecule has 0 atom stereocenters. The van der Waals surface area contributed by atoms with E-state index in [9.17, 15) is 28.8 Å². The molecule has 0 aromatic carbocycles. The van der Waals surface area contributed by atoms with Crippen LogP contribution >= 0.6 is 0 Å². The summed E-state index contributed by atoms with van der Waals surface area (Å²) in [4.78, 5) is 98.5. The van der Waals surface area contributed by atoms with E-state index in [0.29, 0.717) is 137 Å². The summed E-state index contributed by atoms with van der Waals surface area (Å²) < 4.78 is 0. The molecule has 0 aromatic heterocycles. The highest BCUT2D eigenvalue weighted by molar-refractivity contribution is 5.78. The van der Waals surface area contributed by atoms with E-state index < -0.39 is 0 Å². The number of rotatable bonds is 48. The molecule has 0 radical (unpaired) electrons. The van der Waals surface area contributed by atoms with E-state index in [1.807, 2.05) is 114 Å². The molecule has 0 aromatic rings. The van der Waals surface area contributed by atoms with Gasteiger partial charge >= 0.3 is 0 Å². The molecule has 0 fully saturated rings. The van der Waals surface area contributed by atoms with E-state index in [-0.39, 0.29) is 35.4 Å². The lowest BCUT2D eigenvalue weighted by molar-refractivity contribution is -0.123. The second kappa shape index (κ2) is 44.7. The Bertz CT molecular complexity index is 1200. The third-order valence-corrected chi connectivity index (χ3v) is 12.1. The summed E-state index contributed by atoms with van der Waals surface area (Å²) in [6.07, 6.45) is 4.50. The Hall–Kier alpha value is -3.58. The molecule has 0 aliphatic carbocycles. The Morgan fingerprint density at radius 2 is 0.356 bits per heavy atom. The van der Waals surface area contributed by atoms with Crippen LogP contribution in [-0.2, 0) is 28.8 Å². The fourth-order valence-corrected chi connectivity index (χ4v) is 7.50. The van der Waals surface area contributed by atoms with Crippen molar-refractivity contribution in [2.75, 3.05) is 242 Å². The summed E-state index contributed by atoms with van der Waals surface area (Å²) in [6.45, 7) is 15.7. The third-order valence-electron chi connectivity index (χ3n) is 12.1. The average molecular weight is 1040 g/mol. The van der Waals surface area contributed by atoms with Gasteiger partial charge in [0, 0.05) is 156 Å². The number of carbonyl (C=O) groups excluding carboxylic acids is 6. The van der Waals surface area contributed by atoms with E-state index in [1.165, 1.54) is 0 Å². The summed E-state index contributed by atoms with van der Waals surface area (Å²) in [5.74, 6) is -0.0433. The molecule has 0 saturated heterocycles. The zero-order valence-electron chi connectivity index (χ0n) is 48.3. The summed E-state index contributed by atoms with van der Waals surface area (Å²) in [5, 5.41) is 18.1. The first-order chi connectivity index (χ1) is 34.6. The van der Waals surface area contributed by atoms with Crippen molar-refractivity contribution < 1.29 is 28.8 Å². The molecule has 0 spiro atoms. The van der Waals surface area contributed by atoms with Crippen molar-refractivity contribution in [2.45, 2.75) is 57.8 Å². The van der Waals surface area contributed by atoms with Crippen LogP contribution < -0.4 is 31.9 Å². The van der Waals surface area contributed by atoms with Gasteiger partial charge in [0.25, 0.3) is 0 Å². The standard InChI is InChI=1S/C51H108N16O6/c1-58(2)40-22-52-46(68)16-34-65(35-17-47(69)53-23-41-59(3)4)31-13-28-64(29-14-32-66(36-18-48(70)54-24-42-60(5)6)37-19-49(71)55-25-43-61(7)8)30-15-33-67(38-20-50(72)56-26-44-62(9)10)39-21-51(73)57-27-45-63(11)12/h13-45H2,1-12H3,(H,52,68)(H,53,69)(H,54,70)(H,55,71)(H,56,72)(H,57,73). The summed E-state index contributed by atoms with van der Waals surface area (Å²) >= 11 is 0. The van der Waals surface area contributed by atoms with Gasteiger partial charge in [0.1, 0.15) is 0 Å². The number of carbonyl (C=O) groups is 6. The Morgan fingerprint density at radius 3 is 0.493 bits per heavy atom. The normalized spacial score (nSPS) is 11.9. The second-order valence-corrected chi connectivity index (χ2v) is 20.8. The van der Waals surface area contributed by atoms with E-state index in [2.05, 4.69) is 51.5 Å². The molecule has 73 heavy (non-hydrogen) atoms. The van der Waals surface area contributed by atoms with Crippen LogP contribution in [0.1, 0.15) is 57.8 Å². The highest BCUT2D eigenvalue weighted by Gasteiger charge is 2.17. The minimum absolute atomic E-state index is 0.00722. The van der Waals surface area contributed by atoms with Gasteiger partial charge in [-0.15, -0.1) is 0 Å². The molecule has 428 valence electrons. The predicted octanol–water partition coefficient (Wildman–Crippen LogP) is -2.23. The van der Waals surface area contributed by atoms with Crippen molar-refractivity contribution in [1.82, 2.24) is 80.9 Å². The van der Waals surface area contributed by atoms with Crippen LogP contribution in [0, 0.1) is 0 Å². The fraction of sp³-hybridized carbons (Fsp3) is 0.882. The molecular formula is C51H108N16O6. The summed E-state index contributed by atoms with van der Waals surface area (Å²) in [7, 11) is 23.7. The van der Waals surface area contributed by atoms with Gasteiger partial charge in [0.05, 0.1) is 0 Å². The van der Waals surface area contributed by atoms with Gasteiger partial charge < -0.3 is 80.9 Å². The van der Waals surface area contributed by atoms with Gasteiger partial charge in [0.15, 0.2) is 0 Å². The summed E-state index contributed by atoms with van der Waals surface area (Å²) in [5.41, 5.74) is 0. The van der Waals surface area contributed by atoms with E-state index in [4.69, 9.17) is 0 Å². The van der Waals surface area contributed by atoms with Crippen LogP contribution in [0.25, 0.3) is 0 Å². The zero-order valence-corrected chi connectivity index (χ0v) is 48.3. The molecule has 0 saturated carbocycles. The number of hydrogen-bond acceptors (Lipinski definition) is 16. The Balaban J connectivity index is 6.26. The molecule has 6 amide bonds. The summed E-state index contributed by atoms with van der Waals surface area (Å²) in [6, 6.07) is 0. The maximum atomic E-state index is 12.9. The van der Waals surface area contributed by atoms with E-state index >= 15 is 0 Å². The van der Waals surface area contributed by atoms with Gasteiger partial charge in [-0.3, -0.25) is 28.8 Å². The van der Waals surface area contributed by atoms with E-state index in [0.717, 1.165) is 78.2 Å². The third kappa shape index (κ3) is 46.7. The Kier molecular flexibility index (Phi) is 42.5. The molecule has 0 bridgehead atoms. The number of amides is 6. The van der Waals surface area contributed by atoms with Crippen molar-refractivity contribution in [3.05, 3.63) is 0 Å². The lowest BCUT2D eigenvalue weighted by Gasteiger charge is -2.29. The molecular weight excluding hydrogens is 933 g/mol. The van der Waals surface area contributed by atoms with Crippen LogP contribution in [-0.4, -0.2) is 326 Å². The first kappa shape index (κ1) is 69.4. The minimum Gasteiger partial charge on any atom is -0.355 e. The SMILES string of the molecule is CN(C)CCNC(=O)CCN(CCCN(CCCN(CCC(=O)NCCN(C)C)CCC(=O)NCCN(C)C)CCCN(CCC(=O)NCCN(C)C)CCC(=O)NCCN(C)C)CCC(=O)NCCN(C)C. The predicted molar refractivity (Wildman–Crippen MR) is 297 cm³/mol. The van der Waals surface area contributed by atoms with Crippen molar-refractivity contribution in [1.29, 1.82) is 0 Å². The second-order valence-electron chi connectivity index (χ2n) is 20.8. The average Bonchev–Trinajstić information content (AvgIpc) is 3.30. The molecule has 0 heterocycles. The lowest BCUT2D eigenvalue weighted by Crippen LogP contribution is -2.40. The topological polar surface area (TPSA) is 207 Å². The van der Waals surface area contributed by atoms with Crippen LogP contribution in [0.4, 0.5) is 0 Å². The number of hydrogen-bond donors (Lipinski definition) is 6. The number of nitrogens with zero attached hydrogens (tertiary/aromatic N) is 10. The maximum absolute atomic E-state index is 12.9. The van der Waals surface area contributed by atoms with Crippen molar-refractivity contribution in [3.63, 3.8) is 0 Å². The van der Waals surface area contributed by atoms with Crippen molar-refractivity contribution in [3.8, 4) is 0 Å². The zero-order chi connectivity index (χ0) is 54.8. The monoisotopic (exact) mass is 1040 g/mol. The number of likely N-dealkylation sites (N-methyl/N-ethyl adjacent to an activating group) is 6. The molecule has 0 rings (SSSR count). The lowest BCUT2D eigenvalue weighted by atomic mass is 10.2. The Morgan fingerprint density at radius 1 is 0.219 bits per heavy atom. The Labute approximate surface area is 443 Å². The van der Waals surface area contributed by atoms with Gasteiger partial charge in [-0.25, -0.2) is 0 Å². The van der Waals surface area contributed by atoms with Crippen molar-refractivity contribution >= 4 is 35.4 Å². The molecule has 0 aliphatic heterocycles. The first-order valence-corrected chi connectivity index (χ1v) is 27.0. The van der Waals surface area contributed by atoms with Gasteiger partial charge in [-0.2, -0.15) is 0 Å². The molecule has 0 unspecified atom stereocenters. The largest absolute Gasteiger partial charge is 0.355 e. The van der Waals surface area contributed by atoms with Crippen LogP contribution in [0.15, 0.2) is 0 Å². The molecule has 6 N–H and O–H groups in total. The van der Waals surface area contributed by atoms with Gasteiger partial charge in [-0.05, 0) is 143 Å². The molecule has 22 nitrogen and oxygen atoms in total. The quantitative estimate of drug-likeness (QED) is 0.0382. The molecule has 22 heteroatoms. The van der Waals surface area contributed by atoms with Crippen LogP contribution in [0.5, 0.6) is 0 Å². The van der Waals surface area contributed by atoms with Crippen molar-refractivity contribution in [2.24, 2.45) is 0 Å². The fourth-order valence-electron chi connectivity index (χ4n) is 7.50. The first-order valence-electron chi connectivity index (χ1n) is 27.0. The maximum Gasteiger partial charge on any atom is 0.221 e. The van der Waals surface area contributed by atoms with Gasteiger partial charge in [-0.1, -0.05) is 0 Å². The number of nitrogens with one attached hydrogen (secondary N) is 6. The smallest absolute Gasteiger partial charge is 0.221 e. The highest BCUT2D eigenvalue weighted by Crippen LogP contribution is 2.06. The van der Waals surface area contributed by atoms with E-state index in [1.54, 1.807) is 0 Å². The highest BCUT2D eigenvalue weighted by atomic mass is 16.2. The molecule has 0 aliphatic rings.